The van der Waals surface area contributed by atoms with Crippen molar-refractivity contribution in [1.29, 1.82) is 0 Å². The molecule has 1 aliphatic heterocycles. The molecular formula is C20H21N7O. The first-order chi connectivity index (χ1) is 13.7. The quantitative estimate of drug-likeness (QED) is 0.588. The van der Waals surface area contributed by atoms with E-state index in [1.807, 2.05) is 42.1 Å². The van der Waals surface area contributed by atoms with E-state index in [0.29, 0.717) is 11.6 Å². The van der Waals surface area contributed by atoms with Crippen LogP contribution in [0.3, 0.4) is 0 Å². The van der Waals surface area contributed by atoms with Crippen molar-refractivity contribution in [3.05, 3.63) is 48.2 Å². The average Bonchev–Trinajstić information content (AvgIpc) is 3.35. The zero-order chi connectivity index (χ0) is 19.1. The number of pyridine rings is 1. The fourth-order valence-electron chi connectivity index (χ4n) is 3.81. The van der Waals surface area contributed by atoms with E-state index in [9.17, 15) is 0 Å². The smallest absolute Gasteiger partial charge is 0.280 e. The molecule has 4 heterocycles. The lowest BCUT2D eigenvalue weighted by atomic mass is 9.80. The third kappa shape index (κ3) is 2.68. The second kappa shape index (κ2) is 6.49. The highest BCUT2D eigenvalue weighted by Crippen LogP contribution is 2.32. The van der Waals surface area contributed by atoms with Crippen molar-refractivity contribution in [1.82, 2.24) is 35.4 Å². The van der Waals surface area contributed by atoms with Crippen LogP contribution < -0.4 is 5.32 Å². The molecule has 0 bridgehead atoms. The highest BCUT2D eigenvalue weighted by atomic mass is 16.5. The van der Waals surface area contributed by atoms with Crippen molar-refractivity contribution in [2.24, 2.45) is 0 Å². The number of aromatic nitrogens is 6. The molecule has 1 saturated heterocycles. The van der Waals surface area contributed by atoms with Gasteiger partial charge in [-0.25, -0.2) is 4.68 Å². The third-order valence-corrected chi connectivity index (χ3v) is 5.66. The number of nitrogens with zero attached hydrogens (tertiary/aromatic N) is 6. The largest absolute Gasteiger partial charge is 0.332 e. The van der Waals surface area contributed by atoms with Crippen LogP contribution in [-0.4, -0.2) is 43.2 Å². The molecule has 3 aromatic heterocycles. The third-order valence-electron chi connectivity index (χ3n) is 5.66. The molecule has 0 amide bonds. The second-order valence-electron chi connectivity index (χ2n) is 7.54. The van der Waals surface area contributed by atoms with Crippen molar-refractivity contribution < 1.29 is 4.52 Å². The predicted octanol–water partition coefficient (Wildman–Crippen LogP) is 2.82. The minimum Gasteiger partial charge on any atom is -0.332 e. The molecule has 1 aromatic carbocycles. The molecular weight excluding hydrogens is 354 g/mol. The van der Waals surface area contributed by atoms with Gasteiger partial charge in [0.15, 0.2) is 11.5 Å². The molecule has 1 N–H and O–H groups in total. The van der Waals surface area contributed by atoms with Crippen molar-refractivity contribution in [3.8, 4) is 17.3 Å². The molecule has 8 nitrogen and oxygen atoms in total. The first-order valence-electron chi connectivity index (χ1n) is 9.46. The summed E-state index contributed by atoms with van der Waals surface area (Å²) in [6, 6.07) is 8.02. The molecule has 0 saturated carbocycles. The molecule has 4 aromatic rings. The summed E-state index contributed by atoms with van der Waals surface area (Å²) in [5, 5.41) is 18.4. The minimum absolute atomic E-state index is 0.0699. The van der Waals surface area contributed by atoms with Gasteiger partial charge in [0.1, 0.15) is 0 Å². The Balaban J connectivity index is 1.55. The SMILES string of the molecule is Cc1c(-c2nc(C3(C)CCNCC3)no2)nnn1-c1cccc2cnccc12. The highest BCUT2D eigenvalue weighted by Gasteiger charge is 2.34. The van der Waals surface area contributed by atoms with Crippen LogP contribution in [0.15, 0.2) is 41.2 Å². The zero-order valence-electron chi connectivity index (χ0n) is 15.9. The molecule has 0 atom stereocenters. The first-order valence-corrected chi connectivity index (χ1v) is 9.46. The summed E-state index contributed by atoms with van der Waals surface area (Å²) >= 11 is 0. The number of nitrogens with one attached hydrogen (secondary N) is 1. The Morgan fingerprint density at radius 3 is 2.89 bits per heavy atom. The second-order valence-corrected chi connectivity index (χ2v) is 7.54. The van der Waals surface area contributed by atoms with Gasteiger partial charge in [-0.3, -0.25) is 4.98 Å². The van der Waals surface area contributed by atoms with Gasteiger partial charge in [-0.05, 0) is 45.0 Å². The van der Waals surface area contributed by atoms with E-state index in [-0.39, 0.29) is 5.41 Å². The lowest BCUT2D eigenvalue weighted by Crippen LogP contribution is -2.38. The molecule has 0 spiro atoms. The number of hydrogen-bond acceptors (Lipinski definition) is 7. The Hall–Kier alpha value is -3.13. The Bertz CT molecular complexity index is 1140. The molecule has 0 radical (unpaired) electrons. The van der Waals surface area contributed by atoms with Crippen LogP contribution in [0, 0.1) is 6.92 Å². The molecule has 142 valence electrons. The zero-order valence-corrected chi connectivity index (χ0v) is 15.9. The first kappa shape index (κ1) is 17.0. The Morgan fingerprint density at radius 1 is 1.18 bits per heavy atom. The maximum Gasteiger partial charge on any atom is 0.280 e. The lowest BCUT2D eigenvalue weighted by Gasteiger charge is -2.30. The molecule has 1 aliphatic rings. The van der Waals surface area contributed by atoms with E-state index >= 15 is 0 Å². The highest BCUT2D eigenvalue weighted by molar-refractivity contribution is 5.89. The molecule has 1 fully saturated rings. The molecule has 28 heavy (non-hydrogen) atoms. The van der Waals surface area contributed by atoms with Crippen LogP contribution in [0.5, 0.6) is 0 Å². The van der Waals surface area contributed by atoms with Crippen LogP contribution >= 0.6 is 0 Å². The summed E-state index contributed by atoms with van der Waals surface area (Å²) < 4.78 is 7.39. The maximum atomic E-state index is 5.58. The van der Waals surface area contributed by atoms with Gasteiger partial charge in [0.2, 0.25) is 0 Å². The number of hydrogen-bond donors (Lipinski definition) is 1. The van der Waals surface area contributed by atoms with Gasteiger partial charge in [-0.2, -0.15) is 4.98 Å². The Kier molecular flexibility index (Phi) is 3.94. The van der Waals surface area contributed by atoms with Crippen molar-refractivity contribution in [2.45, 2.75) is 32.1 Å². The normalized spacial score (nSPS) is 16.5. The van der Waals surface area contributed by atoms with E-state index in [1.54, 1.807) is 6.20 Å². The Labute approximate surface area is 162 Å². The van der Waals surface area contributed by atoms with Crippen molar-refractivity contribution >= 4 is 10.8 Å². The average molecular weight is 375 g/mol. The molecule has 5 rings (SSSR count). The fraction of sp³-hybridized carbons (Fsp3) is 0.350. The monoisotopic (exact) mass is 375 g/mol. The number of benzene rings is 1. The van der Waals surface area contributed by atoms with Crippen molar-refractivity contribution in [2.75, 3.05) is 13.1 Å². The van der Waals surface area contributed by atoms with Gasteiger partial charge in [0, 0.05) is 28.6 Å². The van der Waals surface area contributed by atoms with E-state index in [1.165, 1.54) is 0 Å². The summed E-state index contributed by atoms with van der Waals surface area (Å²) in [6.07, 6.45) is 5.60. The van der Waals surface area contributed by atoms with Gasteiger partial charge in [0.25, 0.3) is 5.89 Å². The van der Waals surface area contributed by atoms with Crippen LogP contribution in [0.2, 0.25) is 0 Å². The Morgan fingerprint density at radius 2 is 2.04 bits per heavy atom. The van der Waals surface area contributed by atoms with Crippen LogP contribution in [-0.2, 0) is 5.41 Å². The fourth-order valence-corrected chi connectivity index (χ4v) is 3.81. The topological polar surface area (TPSA) is 94.5 Å². The number of piperidine rings is 1. The molecule has 0 aliphatic carbocycles. The van der Waals surface area contributed by atoms with Crippen molar-refractivity contribution in [3.63, 3.8) is 0 Å². The maximum absolute atomic E-state index is 5.58. The summed E-state index contributed by atoms with van der Waals surface area (Å²) in [4.78, 5) is 8.87. The summed E-state index contributed by atoms with van der Waals surface area (Å²) in [5.41, 5.74) is 2.35. The number of fused-ring (bicyclic) bond motifs is 1. The van der Waals surface area contributed by atoms with E-state index < -0.39 is 0 Å². The van der Waals surface area contributed by atoms with Crippen LogP contribution in [0.25, 0.3) is 28.0 Å². The standard InChI is InChI=1S/C20H21N7O/c1-13-17(18-23-19(25-28-18)20(2)7-10-21-11-8-20)24-26-27(13)16-5-3-4-14-12-22-9-6-15(14)16/h3-6,9,12,21H,7-8,10-11H2,1-2H3. The summed E-state index contributed by atoms with van der Waals surface area (Å²) in [5.74, 6) is 1.16. The molecule has 0 unspecified atom stereocenters. The van der Waals surface area contributed by atoms with Gasteiger partial charge >= 0.3 is 0 Å². The van der Waals surface area contributed by atoms with Gasteiger partial charge in [0.05, 0.1) is 11.4 Å². The van der Waals surface area contributed by atoms with Gasteiger partial charge < -0.3 is 9.84 Å². The van der Waals surface area contributed by atoms with Crippen LogP contribution in [0.4, 0.5) is 0 Å². The van der Waals surface area contributed by atoms with E-state index in [0.717, 1.165) is 53.9 Å². The lowest BCUT2D eigenvalue weighted by molar-refractivity contribution is 0.303. The van der Waals surface area contributed by atoms with Gasteiger partial charge in [-0.15, -0.1) is 5.10 Å². The van der Waals surface area contributed by atoms with Crippen LogP contribution in [0.1, 0.15) is 31.3 Å². The summed E-state index contributed by atoms with van der Waals surface area (Å²) in [6.45, 7) is 6.08. The van der Waals surface area contributed by atoms with Gasteiger partial charge in [-0.1, -0.05) is 29.4 Å². The molecule has 8 heteroatoms. The number of rotatable bonds is 3. The summed E-state index contributed by atoms with van der Waals surface area (Å²) in [7, 11) is 0. The van der Waals surface area contributed by atoms with E-state index in [2.05, 4.69) is 37.7 Å². The minimum atomic E-state index is -0.0699. The van der Waals surface area contributed by atoms with E-state index in [4.69, 9.17) is 4.52 Å². The predicted molar refractivity (Wildman–Crippen MR) is 104 cm³/mol.